The van der Waals surface area contributed by atoms with Gasteiger partial charge < -0.3 is 15.2 Å². The molecule has 8 heteroatoms. The van der Waals surface area contributed by atoms with Crippen molar-refractivity contribution >= 4 is 46.4 Å². The third-order valence-electron chi connectivity index (χ3n) is 3.90. The maximum atomic E-state index is 10.2. The number of fused-ring (bicyclic) bond motifs is 1. The minimum Gasteiger partial charge on any atom is -0.490 e. The molecule has 0 aliphatic rings. The van der Waals surface area contributed by atoms with Crippen LogP contribution in [0.3, 0.4) is 0 Å². The highest BCUT2D eigenvalue weighted by molar-refractivity contribution is 7.17. The second-order valence-electron chi connectivity index (χ2n) is 7.20. The normalized spacial score (nSPS) is 12.3. The lowest BCUT2D eigenvalue weighted by atomic mass is 10.1. The van der Waals surface area contributed by atoms with Crippen molar-refractivity contribution in [1.29, 1.82) is 0 Å². The molecule has 0 spiro atoms. The van der Waals surface area contributed by atoms with Gasteiger partial charge in [0.15, 0.2) is 0 Å². The molecule has 0 amide bonds. The smallest absolute Gasteiger partial charge is 0.128 e. The summed E-state index contributed by atoms with van der Waals surface area (Å²) in [4.78, 5) is 0. The number of ether oxygens (including phenoxy) is 1. The fourth-order valence-corrected chi connectivity index (χ4v) is 3.53. The van der Waals surface area contributed by atoms with Crippen LogP contribution in [-0.4, -0.2) is 39.7 Å². The fourth-order valence-electron chi connectivity index (χ4n) is 2.62. The number of β-amino-alcohol motifs (C(OH)–C–C–N with tert-alkyl or cyclic N) is 1. The number of nitrogens with one attached hydrogen (secondary N) is 1. The zero-order valence-corrected chi connectivity index (χ0v) is 18.4. The first-order chi connectivity index (χ1) is 11.8. The summed E-state index contributed by atoms with van der Waals surface area (Å²) in [6.07, 6.45) is -0.572. The van der Waals surface area contributed by atoms with Crippen LogP contribution in [0.15, 0.2) is 35.7 Å². The quantitative estimate of drug-likeness (QED) is 0.611. The molecule has 0 aliphatic heterocycles. The van der Waals surface area contributed by atoms with Gasteiger partial charge in [-0.1, -0.05) is 12.1 Å². The number of aliphatic hydroxyl groups is 1. The molecular weight excluding hydrogens is 405 g/mol. The number of para-hydroxylation sites is 1. The Morgan fingerprint density at radius 2 is 1.93 bits per heavy atom. The average Bonchev–Trinajstić information content (AvgIpc) is 3.15. The molecule has 1 atom stereocenters. The van der Waals surface area contributed by atoms with E-state index in [9.17, 15) is 5.11 Å². The molecule has 2 N–H and O–H groups in total. The van der Waals surface area contributed by atoms with E-state index in [1.54, 1.807) is 11.3 Å². The molecule has 1 aromatic carbocycles. The van der Waals surface area contributed by atoms with Gasteiger partial charge in [0.1, 0.15) is 24.2 Å². The number of aryl methyl sites for hydroxylation is 1. The third-order valence-corrected chi connectivity index (χ3v) is 4.81. The number of aromatic nitrogens is 2. The average molecular weight is 432 g/mol. The Hall–Kier alpha value is -1.31. The molecule has 2 heterocycles. The first-order valence-electron chi connectivity index (χ1n) is 8.40. The van der Waals surface area contributed by atoms with Crippen LogP contribution in [-0.2, 0) is 7.05 Å². The Kier molecular flexibility index (Phi) is 8.57. The number of halogens is 2. The molecular formula is C19H27Cl2N3O2S. The van der Waals surface area contributed by atoms with Gasteiger partial charge in [-0.05, 0) is 44.4 Å². The van der Waals surface area contributed by atoms with Crippen LogP contribution in [0.25, 0.3) is 21.5 Å². The van der Waals surface area contributed by atoms with Gasteiger partial charge >= 0.3 is 0 Å². The number of hydrogen-bond donors (Lipinski definition) is 2. The van der Waals surface area contributed by atoms with Crippen molar-refractivity contribution < 1.29 is 9.84 Å². The summed E-state index contributed by atoms with van der Waals surface area (Å²) >= 11 is 1.68. The molecule has 1 unspecified atom stereocenters. The van der Waals surface area contributed by atoms with E-state index in [2.05, 4.69) is 42.6 Å². The number of rotatable bonds is 6. The predicted octanol–water partition coefficient (Wildman–Crippen LogP) is 4.27. The highest BCUT2D eigenvalue weighted by Gasteiger charge is 2.17. The Balaban J connectivity index is 0.00000182. The number of aliphatic hydroxyl groups excluding tert-OH is 1. The fraction of sp³-hybridized carbons (Fsp3) is 0.421. The van der Waals surface area contributed by atoms with Gasteiger partial charge in [0.25, 0.3) is 0 Å². The summed E-state index contributed by atoms with van der Waals surface area (Å²) < 4.78 is 8.95. The van der Waals surface area contributed by atoms with Gasteiger partial charge in [-0.2, -0.15) is 5.10 Å². The molecule has 0 fully saturated rings. The second-order valence-corrected chi connectivity index (χ2v) is 8.12. The third kappa shape index (κ3) is 5.83. The molecule has 3 rings (SSSR count). The summed E-state index contributed by atoms with van der Waals surface area (Å²) in [5, 5.41) is 20.2. The lowest BCUT2D eigenvalue weighted by molar-refractivity contribution is 0.100. The molecule has 27 heavy (non-hydrogen) atoms. The second kappa shape index (κ2) is 9.75. The van der Waals surface area contributed by atoms with Crippen molar-refractivity contribution in [3.8, 4) is 17.0 Å². The number of thiophene rings is 1. The van der Waals surface area contributed by atoms with Crippen LogP contribution >= 0.6 is 36.2 Å². The molecule has 3 aromatic rings. The lowest BCUT2D eigenvalue weighted by Crippen LogP contribution is -2.42. The van der Waals surface area contributed by atoms with Gasteiger partial charge in [0.2, 0.25) is 0 Å². The minimum atomic E-state index is -0.572. The minimum absolute atomic E-state index is 0. The van der Waals surface area contributed by atoms with Crippen LogP contribution in [0.4, 0.5) is 0 Å². The van der Waals surface area contributed by atoms with Gasteiger partial charge in [-0.3, -0.25) is 4.68 Å². The van der Waals surface area contributed by atoms with Gasteiger partial charge in [-0.15, -0.1) is 36.2 Å². The summed E-state index contributed by atoms with van der Waals surface area (Å²) in [6.45, 7) is 6.95. The highest BCUT2D eigenvalue weighted by Crippen LogP contribution is 2.36. The molecule has 0 saturated heterocycles. The molecule has 0 bridgehead atoms. The first-order valence-corrected chi connectivity index (χ1v) is 9.28. The van der Waals surface area contributed by atoms with E-state index < -0.39 is 6.10 Å². The van der Waals surface area contributed by atoms with Gasteiger partial charge in [-0.25, -0.2) is 0 Å². The van der Waals surface area contributed by atoms with Crippen molar-refractivity contribution in [3.63, 3.8) is 0 Å². The predicted molar refractivity (Wildman–Crippen MR) is 118 cm³/mol. The maximum absolute atomic E-state index is 10.2. The zero-order chi connectivity index (χ0) is 18.0. The molecule has 5 nitrogen and oxygen atoms in total. The highest BCUT2D eigenvalue weighted by atomic mass is 35.5. The largest absolute Gasteiger partial charge is 0.490 e. The van der Waals surface area contributed by atoms with E-state index in [1.165, 1.54) is 0 Å². The number of nitrogens with zero attached hydrogens (tertiary/aromatic N) is 2. The summed E-state index contributed by atoms with van der Waals surface area (Å²) in [5.41, 5.74) is 2.96. The molecule has 0 saturated carbocycles. The SMILES string of the molecule is Cl.Cl.Cn1nc(-c2ccccc2OCC(O)CNC(C)(C)C)c2sccc21. The van der Waals surface area contributed by atoms with Gasteiger partial charge in [0.05, 0.1) is 10.2 Å². The molecule has 0 radical (unpaired) electrons. The van der Waals surface area contributed by atoms with Gasteiger partial charge in [0, 0.05) is 24.7 Å². The zero-order valence-electron chi connectivity index (χ0n) is 15.9. The Bertz CT molecular complexity index is 858. The summed E-state index contributed by atoms with van der Waals surface area (Å²) in [7, 11) is 1.95. The van der Waals surface area contributed by atoms with Crippen molar-refractivity contribution in [3.05, 3.63) is 35.7 Å². The van der Waals surface area contributed by atoms with Crippen LogP contribution in [0.1, 0.15) is 20.8 Å². The van der Waals surface area contributed by atoms with E-state index >= 15 is 0 Å². The number of benzene rings is 1. The molecule has 150 valence electrons. The van der Waals surface area contributed by atoms with Crippen LogP contribution in [0.2, 0.25) is 0 Å². The van der Waals surface area contributed by atoms with E-state index in [4.69, 9.17) is 4.74 Å². The molecule has 2 aromatic heterocycles. The van der Waals surface area contributed by atoms with Crippen molar-refractivity contribution in [2.45, 2.75) is 32.4 Å². The van der Waals surface area contributed by atoms with Crippen LogP contribution in [0.5, 0.6) is 5.75 Å². The van der Waals surface area contributed by atoms with E-state index in [-0.39, 0.29) is 37.0 Å². The van der Waals surface area contributed by atoms with Crippen LogP contribution in [0, 0.1) is 0 Å². The Morgan fingerprint density at radius 3 is 2.63 bits per heavy atom. The maximum Gasteiger partial charge on any atom is 0.128 e. The Labute approximate surface area is 176 Å². The van der Waals surface area contributed by atoms with E-state index in [0.29, 0.717) is 6.54 Å². The Morgan fingerprint density at radius 1 is 1.22 bits per heavy atom. The van der Waals surface area contributed by atoms with Crippen molar-refractivity contribution in [1.82, 2.24) is 15.1 Å². The summed E-state index contributed by atoms with van der Waals surface area (Å²) in [6, 6.07) is 9.92. The lowest BCUT2D eigenvalue weighted by Gasteiger charge is -2.23. The van der Waals surface area contributed by atoms with Crippen LogP contribution < -0.4 is 10.1 Å². The van der Waals surface area contributed by atoms with E-state index in [0.717, 1.165) is 27.2 Å². The van der Waals surface area contributed by atoms with E-state index in [1.807, 2.05) is 36.0 Å². The first kappa shape index (κ1) is 23.7. The molecule has 0 aliphatic carbocycles. The summed E-state index contributed by atoms with van der Waals surface area (Å²) in [5.74, 6) is 0.741. The standard InChI is InChI=1S/C19H25N3O2S.2ClH/c1-19(2,3)20-11-13(23)12-24-16-8-6-5-7-14(16)17-18-15(9-10-25-18)22(4)21-17;;/h5-10,13,20,23H,11-12H2,1-4H3;2*1H. The number of hydrogen-bond acceptors (Lipinski definition) is 5. The van der Waals surface area contributed by atoms with Crippen molar-refractivity contribution in [2.75, 3.05) is 13.2 Å². The monoisotopic (exact) mass is 431 g/mol. The van der Waals surface area contributed by atoms with Crippen molar-refractivity contribution in [2.24, 2.45) is 7.05 Å². The topological polar surface area (TPSA) is 59.3 Å².